The number of benzene rings is 2. The van der Waals surface area contributed by atoms with Gasteiger partial charge in [-0.25, -0.2) is 0 Å². The zero-order valence-electron chi connectivity index (χ0n) is 19.1. The Morgan fingerprint density at radius 1 is 1.06 bits per heavy atom. The van der Waals surface area contributed by atoms with Gasteiger partial charge in [-0.2, -0.15) is 0 Å². The maximum Gasteiger partial charge on any atom is 0.295 e. The van der Waals surface area contributed by atoms with E-state index in [1.54, 1.807) is 30.2 Å². The molecule has 1 amide bonds. The van der Waals surface area contributed by atoms with E-state index in [1.165, 1.54) is 0 Å². The third-order valence-electron chi connectivity index (χ3n) is 6.28. The zero-order valence-corrected chi connectivity index (χ0v) is 19.1. The van der Waals surface area contributed by atoms with Gasteiger partial charge in [0.2, 0.25) is 0 Å². The van der Waals surface area contributed by atoms with Crippen LogP contribution in [-0.2, 0) is 14.3 Å². The van der Waals surface area contributed by atoms with Crippen molar-refractivity contribution in [2.24, 2.45) is 0 Å². The lowest BCUT2D eigenvalue weighted by atomic mass is 9.94. The summed E-state index contributed by atoms with van der Waals surface area (Å²) in [6, 6.07) is 13.9. The first kappa shape index (κ1) is 23.0. The Morgan fingerprint density at radius 3 is 2.45 bits per heavy atom. The second-order valence-electron chi connectivity index (χ2n) is 8.41. The minimum absolute atomic E-state index is 0.0970. The monoisotopic (exact) mass is 450 g/mol. The number of hydrogen-bond donors (Lipinski definition) is 1. The predicted octanol–water partition coefficient (Wildman–Crippen LogP) is 3.15. The molecule has 7 nitrogen and oxygen atoms in total. The highest BCUT2D eigenvalue weighted by Gasteiger charge is 2.46. The number of carbonyl (C=O) groups excluding carboxylic acids is 2. The SMILES string of the molecule is COc1ccccc1[C@H]1C(=C(O)c2ccc(C)cc2)C(=O)C(=O)N1CCCN1CCOCC1. The number of aryl methyl sites for hydroxylation is 1. The molecule has 4 rings (SSSR count). The summed E-state index contributed by atoms with van der Waals surface area (Å²) in [6.45, 7) is 6.30. The van der Waals surface area contributed by atoms with Crippen LogP contribution in [0.15, 0.2) is 54.1 Å². The number of hydrogen-bond acceptors (Lipinski definition) is 6. The highest BCUT2D eigenvalue weighted by molar-refractivity contribution is 6.46. The lowest BCUT2D eigenvalue weighted by Gasteiger charge is -2.29. The molecule has 2 aliphatic rings. The first-order valence-electron chi connectivity index (χ1n) is 11.3. The molecule has 174 valence electrons. The second kappa shape index (κ2) is 10.2. The van der Waals surface area contributed by atoms with Crippen molar-refractivity contribution in [2.75, 3.05) is 46.5 Å². The van der Waals surface area contributed by atoms with E-state index >= 15 is 0 Å². The second-order valence-corrected chi connectivity index (χ2v) is 8.41. The number of ketones is 1. The highest BCUT2D eigenvalue weighted by atomic mass is 16.5. The van der Waals surface area contributed by atoms with E-state index in [1.807, 2.05) is 37.3 Å². The van der Waals surface area contributed by atoms with Crippen LogP contribution in [0, 0.1) is 6.92 Å². The first-order valence-corrected chi connectivity index (χ1v) is 11.3. The van der Waals surface area contributed by atoms with E-state index in [0.717, 1.165) is 25.2 Å². The van der Waals surface area contributed by atoms with Gasteiger partial charge in [0.05, 0.1) is 31.9 Å². The van der Waals surface area contributed by atoms with Crippen molar-refractivity contribution in [3.05, 3.63) is 70.8 Å². The fourth-order valence-corrected chi connectivity index (χ4v) is 4.48. The Hall–Kier alpha value is -3.16. The molecule has 2 aromatic rings. The smallest absolute Gasteiger partial charge is 0.295 e. The number of para-hydroxylation sites is 1. The van der Waals surface area contributed by atoms with Gasteiger partial charge in [-0.1, -0.05) is 48.0 Å². The predicted molar refractivity (Wildman–Crippen MR) is 125 cm³/mol. The number of amides is 1. The minimum Gasteiger partial charge on any atom is -0.507 e. The van der Waals surface area contributed by atoms with Crippen molar-refractivity contribution in [1.29, 1.82) is 0 Å². The lowest BCUT2D eigenvalue weighted by Crippen LogP contribution is -2.39. The number of likely N-dealkylation sites (tertiary alicyclic amines) is 1. The van der Waals surface area contributed by atoms with Gasteiger partial charge in [-0.05, 0) is 19.4 Å². The topological polar surface area (TPSA) is 79.3 Å². The van der Waals surface area contributed by atoms with Crippen LogP contribution in [0.2, 0.25) is 0 Å². The van der Waals surface area contributed by atoms with E-state index in [4.69, 9.17) is 9.47 Å². The average molecular weight is 451 g/mol. The van der Waals surface area contributed by atoms with Crippen molar-refractivity contribution in [3.8, 4) is 5.75 Å². The normalized spacial score (nSPS) is 20.9. The van der Waals surface area contributed by atoms with Crippen molar-refractivity contribution < 1.29 is 24.2 Å². The minimum atomic E-state index is -0.716. The van der Waals surface area contributed by atoms with Crippen LogP contribution in [0.1, 0.15) is 29.2 Å². The summed E-state index contributed by atoms with van der Waals surface area (Å²) in [5.74, 6) is -0.866. The van der Waals surface area contributed by atoms with E-state index in [2.05, 4.69) is 4.90 Å². The fourth-order valence-electron chi connectivity index (χ4n) is 4.48. The summed E-state index contributed by atoms with van der Waals surface area (Å²) in [6.07, 6.45) is 0.712. The molecular weight excluding hydrogens is 420 g/mol. The molecule has 0 bridgehead atoms. The third-order valence-corrected chi connectivity index (χ3v) is 6.28. The third kappa shape index (κ3) is 4.79. The van der Waals surface area contributed by atoms with Crippen LogP contribution in [0.25, 0.3) is 5.76 Å². The molecule has 1 N–H and O–H groups in total. The van der Waals surface area contributed by atoms with Crippen molar-refractivity contribution in [3.63, 3.8) is 0 Å². The van der Waals surface area contributed by atoms with Crippen LogP contribution in [-0.4, -0.2) is 73.1 Å². The van der Waals surface area contributed by atoms with Crippen LogP contribution in [0.3, 0.4) is 0 Å². The number of methoxy groups -OCH3 is 1. The molecule has 2 aliphatic heterocycles. The number of aliphatic hydroxyl groups excluding tert-OH is 1. The number of carbonyl (C=O) groups is 2. The fraction of sp³-hybridized carbons (Fsp3) is 0.385. The van der Waals surface area contributed by atoms with E-state index in [-0.39, 0.29) is 11.3 Å². The van der Waals surface area contributed by atoms with Gasteiger partial charge in [-0.3, -0.25) is 14.5 Å². The molecule has 2 fully saturated rings. The molecule has 2 saturated heterocycles. The molecule has 0 spiro atoms. The van der Waals surface area contributed by atoms with Gasteiger partial charge in [0.1, 0.15) is 11.5 Å². The van der Waals surface area contributed by atoms with Crippen molar-refractivity contribution in [2.45, 2.75) is 19.4 Å². The quantitative estimate of drug-likeness (QED) is 0.397. The van der Waals surface area contributed by atoms with Crippen LogP contribution in [0.4, 0.5) is 0 Å². The summed E-state index contributed by atoms with van der Waals surface area (Å²) >= 11 is 0. The van der Waals surface area contributed by atoms with Gasteiger partial charge in [0, 0.05) is 37.3 Å². The number of morpholine rings is 1. The maximum absolute atomic E-state index is 13.2. The van der Waals surface area contributed by atoms with Crippen molar-refractivity contribution in [1.82, 2.24) is 9.80 Å². The highest BCUT2D eigenvalue weighted by Crippen LogP contribution is 2.42. The van der Waals surface area contributed by atoms with Gasteiger partial charge in [0.25, 0.3) is 11.7 Å². The molecule has 33 heavy (non-hydrogen) atoms. The Morgan fingerprint density at radius 2 is 1.76 bits per heavy atom. The summed E-state index contributed by atoms with van der Waals surface area (Å²) < 4.78 is 11.0. The first-order chi connectivity index (χ1) is 16.0. The standard InChI is InChI=1S/C26H30N2O5/c1-18-8-10-19(11-9-18)24(29)22-23(20-6-3-4-7-21(20)32-2)28(26(31)25(22)30)13-5-12-27-14-16-33-17-15-27/h3-4,6-11,23,29H,5,12-17H2,1-2H3/t23-/m0/s1. The van der Waals surface area contributed by atoms with E-state index < -0.39 is 17.7 Å². The average Bonchev–Trinajstić information content (AvgIpc) is 3.09. The van der Waals surface area contributed by atoms with Crippen molar-refractivity contribution >= 4 is 17.4 Å². The molecule has 1 atom stereocenters. The number of rotatable bonds is 7. The number of aliphatic hydroxyl groups is 1. The maximum atomic E-state index is 13.2. The lowest BCUT2D eigenvalue weighted by molar-refractivity contribution is -0.140. The Labute approximate surface area is 194 Å². The molecule has 0 radical (unpaired) electrons. The number of nitrogens with zero attached hydrogens (tertiary/aromatic N) is 2. The van der Waals surface area contributed by atoms with E-state index in [0.29, 0.717) is 43.1 Å². The zero-order chi connectivity index (χ0) is 23.4. The molecule has 2 heterocycles. The Balaban J connectivity index is 1.70. The van der Waals surface area contributed by atoms with Gasteiger partial charge in [0.15, 0.2) is 0 Å². The van der Waals surface area contributed by atoms with Crippen LogP contribution < -0.4 is 4.74 Å². The number of ether oxygens (including phenoxy) is 2. The van der Waals surface area contributed by atoms with Crippen LogP contribution in [0.5, 0.6) is 5.75 Å². The van der Waals surface area contributed by atoms with E-state index in [9.17, 15) is 14.7 Å². The van der Waals surface area contributed by atoms with Gasteiger partial charge >= 0.3 is 0 Å². The summed E-state index contributed by atoms with van der Waals surface area (Å²) in [7, 11) is 1.56. The van der Waals surface area contributed by atoms with Gasteiger partial charge in [-0.15, -0.1) is 0 Å². The summed E-state index contributed by atoms with van der Waals surface area (Å²) in [5.41, 5.74) is 2.32. The molecule has 0 aromatic heterocycles. The summed E-state index contributed by atoms with van der Waals surface area (Å²) in [5, 5.41) is 11.2. The van der Waals surface area contributed by atoms with Gasteiger partial charge < -0.3 is 19.5 Å². The Kier molecular flexibility index (Phi) is 7.11. The Bertz CT molecular complexity index is 1040. The van der Waals surface area contributed by atoms with Crippen LogP contribution >= 0.6 is 0 Å². The molecule has 0 saturated carbocycles. The molecule has 0 unspecified atom stereocenters. The molecule has 0 aliphatic carbocycles. The molecular formula is C26H30N2O5. The number of Topliss-reactive ketones (excluding diaryl/α,β-unsaturated/α-hetero) is 1. The summed E-state index contributed by atoms with van der Waals surface area (Å²) in [4.78, 5) is 30.2. The molecule has 2 aromatic carbocycles. The largest absolute Gasteiger partial charge is 0.507 e. The molecule has 7 heteroatoms.